The molecule has 0 spiro atoms. The van der Waals surface area contributed by atoms with Gasteiger partial charge in [0.1, 0.15) is 0 Å². The summed E-state index contributed by atoms with van der Waals surface area (Å²) in [4.78, 5) is 7.50. The summed E-state index contributed by atoms with van der Waals surface area (Å²) in [5.41, 5.74) is 16.2. The summed E-state index contributed by atoms with van der Waals surface area (Å²) in [7, 11) is 0. The van der Waals surface area contributed by atoms with Crippen LogP contribution in [0.25, 0.3) is 0 Å². The smallest absolute Gasteiger partial charge is 0.223 e. The van der Waals surface area contributed by atoms with Crippen LogP contribution in [0.4, 0.5) is 5.69 Å². The first-order valence-electron chi connectivity index (χ1n) is 3.88. The summed E-state index contributed by atoms with van der Waals surface area (Å²) in [5.74, 6) is -0.191. The molecule has 80 valence electrons. The summed E-state index contributed by atoms with van der Waals surface area (Å²) in [6.45, 7) is 0. The van der Waals surface area contributed by atoms with E-state index in [1.54, 1.807) is 18.2 Å². The molecule has 1 rings (SSSR count). The van der Waals surface area contributed by atoms with Crippen molar-refractivity contribution in [3.63, 3.8) is 0 Å². The highest BCUT2D eigenvalue weighted by Crippen LogP contribution is 2.27. The molecule has 0 saturated carbocycles. The third kappa shape index (κ3) is 3.77. The Kier molecular flexibility index (Phi) is 3.93. The van der Waals surface area contributed by atoms with Gasteiger partial charge in [0, 0.05) is 4.47 Å². The maximum Gasteiger partial charge on any atom is 0.223 e. The van der Waals surface area contributed by atoms with E-state index in [-0.39, 0.29) is 11.9 Å². The minimum Gasteiger partial charge on any atom is -0.370 e. The quantitative estimate of drug-likeness (QED) is 0.537. The molecule has 0 aromatic heterocycles. The minimum atomic E-state index is -0.149. The number of nitrogens with two attached hydrogens (primary N) is 3. The second-order valence-corrected chi connectivity index (χ2v) is 3.93. The fourth-order valence-corrected chi connectivity index (χ4v) is 1.57. The van der Waals surface area contributed by atoms with Crippen LogP contribution in [0.1, 0.15) is 0 Å². The van der Waals surface area contributed by atoms with Gasteiger partial charge in [-0.2, -0.15) is 4.99 Å². The molecule has 7 heteroatoms. The number of hydrogen-bond donors (Lipinski definition) is 3. The molecule has 1 aromatic carbocycles. The van der Waals surface area contributed by atoms with Crippen LogP contribution in [0, 0.1) is 0 Å². The van der Waals surface area contributed by atoms with Crippen molar-refractivity contribution in [3.8, 4) is 0 Å². The van der Waals surface area contributed by atoms with E-state index in [9.17, 15) is 0 Å². The Labute approximate surface area is 100 Å². The van der Waals surface area contributed by atoms with Gasteiger partial charge in [-0.25, -0.2) is 4.99 Å². The van der Waals surface area contributed by atoms with Crippen molar-refractivity contribution in [1.29, 1.82) is 0 Å². The lowest BCUT2D eigenvalue weighted by molar-refractivity contribution is 1.38. The van der Waals surface area contributed by atoms with Gasteiger partial charge in [0.25, 0.3) is 0 Å². The number of rotatable bonds is 1. The molecule has 6 N–H and O–H groups in total. The van der Waals surface area contributed by atoms with Gasteiger partial charge in [-0.1, -0.05) is 27.5 Å². The zero-order chi connectivity index (χ0) is 11.4. The number of nitrogens with zero attached hydrogens (tertiary/aromatic N) is 2. The Morgan fingerprint density at radius 2 is 1.93 bits per heavy atom. The van der Waals surface area contributed by atoms with Gasteiger partial charge < -0.3 is 17.2 Å². The SMILES string of the molecule is NC(N)=NC(N)=Nc1ccc(Br)cc1Cl. The topological polar surface area (TPSA) is 103 Å². The van der Waals surface area contributed by atoms with Crippen molar-refractivity contribution in [3.05, 3.63) is 27.7 Å². The van der Waals surface area contributed by atoms with Crippen molar-refractivity contribution in [1.82, 2.24) is 0 Å². The predicted molar refractivity (Wildman–Crippen MR) is 66.2 cm³/mol. The second kappa shape index (κ2) is 4.99. The molecule has 0 aliphatic heterocycles. The van der Waals surface area contributed by atoms with Gasteiger partial charge in [-0.3, -0.25) is 0 Å². The highest BCUT2D eigenvalue weighted by atomic mass is 79.9. The zero-order valence-corrected chi connectivity index (χ0v) is 9.96. The summed E-state index contributed by atoms with van der Waals surface area (Å²) in [6.07, 6.45) is 0. The van der Waals surface area contributed by atoms with Crippen LogP contribution in [0.3, 0.4) is 0 Å². The molecule has 0 aliphatic carbocycles. The molecule has 0 amide bonds. The number of guanidine groups is 2. The van der Waals surface area contributed by atoms with Gasteiger partial charge in [-0.05, 0) is 18.2 Å². The zero-order valence-electron chi connectivity index (χ0n) is 7.61. The number of benzene rings is 1. The van der Waals surface area contributed by atoms with Crippen molar-refractivity contribution in [2.24, 2.45) is 27.2 Å². The Morgan fingerprint density at radius 1 is 1.27 bits per heavy atom. The molecule has 0 saturated heterocycles. The van der Waals surface area contributed by atoms with Gasteiger partial charge in [0.15, 0.2) is 5.96 Å². The summed E-state index contributed by atoms with van der Waals surface area (Å²) >= 11 is 9.18. The molecule has 5 nitrogen and oxygen atoms in total. The molecule has 0 aliphatic rings. The lowest BCUT2D eigenvalue weighted by Gasteiger charge is -1.99. The van der Waals surface area contributed by atoms with Crippen LogP contribution in [0.15, 0.2) is 32.7 Å². The van der Waals surface area contributed by atoms with Gasteiger partial charge in [0.05, 0.1) is 10.7 Å². The molecule has 0 heterocycles. The first kappa shape index (κ1) is 11.8. The first-order chi connectivity index (χ1) is 6.99. The van der Waals surface area contributed by atoms with Crippen molar-refractivity contribution >= 4 is 45.1 Å². The van der Waals surface area contributed by atoms with Crippen molar-refractivity contribution in [2.45, 2.75) is 0 Å². The average Bonchev–Trinajstić information content (AvgIpc) is 2.08. The molecule has 0 fully saturated rings. The lowest BCUT2D eigenvalue weighted by atomic mass is 10.3. The monoisotopic (exact) mass is 289 g/mol. The molecular formula is C8H9BrClN5. The van der Waals surface area contributed by atoms with Crippen molar-refractivity contribution < 1.29 is 0 Å². The van der Waals surface area contributed by atoms with Crippen LogP contribution in [-0.4, -0.2) is 11.9 Å². The van der Waals surface area contributed by atoms with E-state index in [2.05, 4.69) is 25.9 Å². The normalized spacial score (nSPS) is 11.2. The van der Waals surface area contributed by atoms with E-state index in [0.29, 0.717) is 10.7 Å². The maximum atomic E-state index is 5.91. The van der Waals surface area contributed by atoms with E-state index >= 15 is 0 Å². The largest absolute Gasteiger partial charge is 0.370 e. The number of halogens is 2. The van der Waals surface area contributed by atoms with E-state index in [1.807, 2.05) is 0 Å². The second-order valence-electron chi connectivity index (χ2n) is 2.60. The van der Waals surface area contributed by atoms with Crippen LogP contribution in [-0.2, 0) is 0 Å². The standard InChI is InChI=1S/C8H9BrClN5/c9-4-1-2-6(5(10)3-4)14-8(13)15-7(11)12/h1-3H,(H6,11,12,13,14,15). The van der Waals surface area contributed by atoms with Crippen LogP contribution < -0.4 is 17.2 Å². The van der Waals surface area contributed by atoms with Gasteiger partial charge >= 0.3 is 0 Å². The van der Waals surface area contributed by atoms with Crippen molar-refractivity contribution in [2.75, 3.05) is 0 Å². The summed E-state index contributed by atoms with van der Waals surface area (Å²) in [5, 5.41) is 0.457. The predicted octanol–water partition coefficient (Wildman–Crippen LogP) is 1.32. The lowest BCUT2D eigenvalue weighted by Crippen LogP contribution is -2.26. The third-order valence-electron chi connectivity index (χ3n) is 1.39. The molecule has 0 radical (unpaired) electrons. The van der Waals surface area contributed by atoms with E-state index in [0.717, 1.165) is 4.47 Å². The fraction of sp³-hybridized carbons (Fsp3) is 0. The molecule has 1 aromatic rings. The highest BCUT2D eigenvalue weighted by molar-refractivity contribution is 9.10. The summed E-state index contributed by atoms with van der Waals surface area (Å²) < 4.78 is 0.854. The van der Waals surface area contributed by atoms with Crippen LogP contribution in [0.5, 0.6) is 0 Å². The van der Waals surface area contributed by atoms with E-state index in [1.165, 1.54) is 0 Å². The molecule has 0 bridgehead atoms. The molecule has 0 atom stereocenters. The van der Waals surface area contributed by atoms with Gasteiger partial charge in [-0.15, -0.1) is 0 Å². The summed E-state index contributed by atoms with van der Waals surface area (Å²) in [6, 6.07) is 5.18. The Bertz CT molecular complexity index is 425. The minimum absolute atomic E-state index is 0.0424. The van der Waals surface area contributed by atoms with Crippen LogP contribution in [0.2, 0.25) is 5.02 Å². The van der Waals surface area contributed by atoms with E-state index < -0.39 is 0 Å². The highest BCUT2D eigenvalue weighted by Gasteiger charge is 2.00. The Morgan fingerprint density at radius 3 is 2.47 bits per heavy atom. The third-order valence-corrected chi connectivity index (χ3v) is 2.18. The van der Waals surface area contributed by atoms with Gasteiger partial charge in [0.2, 0.25) is 5.96 Å². The average molecular weight is 291 g/mol. The maximum absolute atomic E-state index is 5.91. The van der Waals surface area contributed by atoms with E-state index in [4.69, 9.17) is 28.8 Å². The molecule has 15 heavy (non-hydrogen) atoms. The fourth-order valence-electron chi connectivity index (χ4n) is 0.853. The Balaban J connectivity index is 3.03. The number of aliphatic imine (C=N–C) groups is 2. The van der Waals surface area contributed by atoms with Crippen LogP contribution >= 0.6 is 27.5 Å². The first-order valence-corrected chi connectivity index (χ1v) is 5.05. The Hall–Kier alpha value is -1.27. The number of hydrogen-bond acceptors (Lipinski definition) is 1. The molecule has 0 unspecified atom stereocenters. The molecular weight excluding hydrogens is 281 g/mol.